The fraction of sp³-hybridized carbons (Fsp3) is 1.00. The van der Waals surface area contributed by atoms with Gasteiger partial charge in [-0.05, 0) is 36.5 Å². The first-order valence-corrected chi connectivity index (χ1v) is 7.23. The maximum atomic E-state index is 6.33. The second kappa shape index (κ2) is 4.55. The molecule has 1 N–H and O–H groups in total. The molecule has 3 atom stereocenters. The number of hydrogen-bond acceptors (Lipinski definition) is 2. The van der Waals surface area contributed by atoms with Crippen LogP contribution in [0.3, 0.4) is 0 Å². The molecule has 1 heterocycles. The first-order chi connectivity index (χ1) is 7.86. The summed E-state index contributed by atoms with van der Waals surface area (Å²) in [4.78, 5) is 0. The molecule has 1 aliphatic heterocycles. The molecule has 1 saturated carbocycles. The van der Waals surface area contributed by atoms with E-state index in [9.17, 15) is 0 Å². The zero-order valence-electron chi connectivity index (χ0n) is 12.2. The zero-order chi connectivity index (χ0) is 12.7. The van der Waals surface area contributed by atoms with Gasteiger partial charge in [0.2, 0.25) is 0 Å². The molecule has 2 fully saturated rings. The maximum absolute atomic E-state index is 6.33. The van der Waals surface area contributed by atoms with Crippen molar-refractivity contribution < 1.29 is 4.74 Å². The molecule has 0 aromatic heterocycles. The van der Waals surface area contributed by atoms with Crippen molar-refractivity contribution in [3.05, 3.63) is 0 Å². The number of hydrogen-bond donors (Lipinski definition) is 1. The molecule has 1 saturated heterocycles. The fourth-order valence-corrected chi connectivity index (χ4v) is 4.16. The van der Waals surface area contributed by atoms with Gasteiger partial charge in [0.1, 0.15) is 0 Å². The summed E-state index contributed by atoms with van der Waals surface area (Å²) in [5.74, 6) is 1.41. The Balaban J connectivity index is 2.19. The molecular formula is C15H29NO. The summed E-state index contributed by atoms with van der Waals surface area (Å²) in [6, 6.07) is 0.549. The Kier molecular flexibility index (Phi) is 3.57. The second-order valence-corrected chi connectivity index (χ2v) is 7.39. The van der Waals surface area contributed by atoms with Gasteiger partial charge in [0, 0.05) is 12.6 Å². The van der Waals surface area contributed by atoms with Gasteiger partial charge in [-0.15, -0.1) is 0 Å². The number of nitrogens with one attached hydrogen (secondary N) is 1. The first-order valence-electron chi connectivity index (χ1n) is 7.23. The van der Waals surface area contributed by atoms with Gasteiger partial charge in [0.05, 0.1) is 12.2 Å². The third-order valence-corrected chi connectivity index (χ3v) is 4.61. The lowest BCUT2D eigenvalue weighted by atomic mass is 9.79. The highest BCUT2D eigenvalue weighted by Gasteiger charge is 2.54. The molecule has 2 aliphatic rings. The van der Waals surface area contributed by atoms with E-state index in [1.54, 1.807) is 0 Å². The van der Waals surface area contributed by atoms with Gasteiger partial charge in [-0.2, -0.15) is 0 Å². The minimum Gasteiger partial charge on any atom is -0.372 e. The van der Waals surface area contributed by atoms with Crippen LogP contribution in [0.2, 0.25) is 0 Å². The molecule has 100 valence electrons. The second-order valence-electron chi connectivity index (χ2n) is 7.39. The molecule has 0 bridgehead atoms. The average Bonchev–Trinajstić information content (AvgIpc) is 2.40. The highest BCUT2D eigenvalue weighted by atomic mass is 16.5. The smallest absolute Gasteiger partial charge is 0.0866 e. The largest absolute Gasteiger partial charge is 0.372 e. The molecule has 1 spiro atoms. The van der Waals surface area contributed by atoms with Gasteiger partial charge in [0.15, 0.2) is 0 Å². The highest BCUT2D eigenvalue weighted by Crippen LogP contribution is 2.52. The van der Waals surface area contributed by atoms with E-state index in [-0.39, 0.29) is 5.60 Å². The monoisotopic (exact) mass is 239 g/mol. The van der Waals surface area contributed by atoms with Gasteiger partial charge in [-0.25, -0.2) is 0 Å². The van der Waals surface area contributed by atoms with E-state index in [1.807, 2.05) is 0 Å². The number of morpholine rings is 1. The van der Waals surface area contributed by atoms with Gasteiger partial charge in [-0.1, -0.05) is 34.6 Å². The molecule has 0 radical (unpaired) electrons. The summed E-state index contributed by atoms with van der Waals surface area (Å²) in [6.45, 7) is 13.7. The third-order valence-electron chi connectivity index (χ3n) is 4.61. The van der Waals surface area contributed by atoms with E-state index < -0.39 is 0 Å². The van der Waals surface area contributed by atoms with E-state index in [0.717, 1.165) is 19.1 Å². The SMILES string of the molecule is CC(C)CC1NCCOC12CC(C)(C)CC2C. The molecule has 2 heteroatoms. The average molecular weight is 239 g/mol. The van der Waals surface area contributed by atoms with Crippen LogP contribution >= 0.6 is 0 Å². The molecule has 0 aromatic carbocycles. The lowest BCUT2D eigenvalue weighted by molar-refractivity contribution is -0.123. The van der Waals surface area contributed by atoms with Crippen LogP contribution in [0.4, 0.5) is 0 Å². The molecular weight excluding hydrogens is 210 g/mol. The number of rotatable bonds is 2. The summed E-state index contributed by atoms with van der Waals surface area (Å²) in [5, 5.41) is 3.73. The predicted octanol–water partition coefficient (Wildman–Crippen LogP) is 3.22. The minimum absolute atomic E-state index is 0.103. The Labute approximate surface area is 107 Å². The van der Waals surface area contributed by atoms with E-state index in [0.29, 0.717) is 17.4 Å². The zero-order valence-corrected chi connectivity index (χ0v) is 12.2. The van der Waals surface area contributed by atoms with Crippen molar-refractivity contribution in [3.8, 4) is 0 Å². The van der Waals surface area contributed by atoms with E-state index in [4.69, 9.17) is 4.74 Å². The van der Waals surface area contributed by atoms with Crippen LogP contribution in [0.25, 0.3) is 0 Å². The van der Waals surface area contributed by atoms with Crippen LogP contribution < -0.4 is 5.32 Å². The third kappa shape index (κ3) is 2.53. The van der Waals surface area contributed by atoms with Gasteiger partial charge < -0.3 is 10.1 Å². The minimum atomic E-state index is 0.103. The van der Waals surface area contributed by atoms with Crippen molar-refractivity contribution >= 4 is 0 Å². The van der Waals surface area contributed by atoms with Gasteiger partial charge >= 0.3 is 0 Å². The van der Waals surface area contributed by atoms with E-state index in [2.05, 4.69) is 39.9 Å². The van der Waals surface area contributed by atoms with Crippen molar-refractivity contribution in [2.24, 2.45) is 17.3 Å². The maximum Gasteiger partial charge on any atom is 0.0866 e. The Bertz CT molecular complexity index is 274. The Hall–Kier alpha value is -0.0800. The van der Waals surface area contributed by atoms with Crippen molar-refractivity contribution in [2.45, 2.75) is 65.5 Å². The lowest BCUT2D eigenvalue weighted by Gasteiger charge is -2.46. The summed E-state index contributed by atoms with van der Waals surface area (Å²) >= 11 is 0. The Morgan fingerprint density at radius 1 is 1.35 bits per heavy atom. The van der Waals surface area contributed by atoms with Crippen LogP contribution in [-0.2, 0) is 4.74 Å². The topological polar surface area (TPSA) is 21.3 Å². The first kappa shape index (κ1) is 13.4. The predicted molar refractivity (Wildman–Crippen MR) is 72.1 cm³/mol. The van der Waals surface area contributed by atoms with Gasteiger partial charge in [-0.3, -0.25) is 0 Å². The summed E-state index contributed by atoms with van der Waals surface area (Å²) in [6.07, 6.45) is 3.75. The van der Waals surface area contributed by atoms with Crippen molar-refractivity contribution in [1.29, 1.82) is 0 Å². The van der Waals surface area contributed by atoms with Crippen molar-refractivity contribution in [2.75, 3.05) is 13.2 Å². The van der Waals surface area contributed by atoms with Crippen LogP contribution in [0.15, 0.2) is 0 Å². The number of ether oxygens (including phenoxy) is 1. The summed E-state index contributed by atoms with van der Waals surface area (Å²) < 4.78 is 6.33. The van der Waals surface area contributed by atoms with Crippen molar-refractivity contribution in [1.82, 2.24) is 5.32 Å². The molecule has 2 rings (SSSR count). The van der Waals surface area contributed by atoms with Crippen LogP contribution in [0.5, 0.6) is 0 Å². The normalized spacial score (nSPS) is 41.3. The molecule has 2 nitrogen and oxygen atoms in total. The molecule has 17 heavy (non-hydrogen) atoms. The van der Waals surface area contributed by atoms with Gasteiger partial charge in [0.25, 0.3) is 0 Å². The van der Waals surface area contributed by atoms with Crippen LogP contribution in [0.1, 0.15) is 53.9 Å². The Morgan fingerprint density at radius 3 is 2.59 bits per heavy atom. The van der Waals surface area contributed by atoms with E-state index >= 15 is 0 Å². The molecule has 0 amide bonds. The van der Waals surface area contributed by atoms with Crippen LogP contribution in [-0.4, -0.2) is 24.8 Å². The standard InChI is InChI=1S/C15H29NO/c1-11(2)8-13-15(17-7-6-16-13)10-14(4,5)9-12(15)3/h11-13,16H,6-10H2,1-5H3. The lowest BCUT2D eigenvalue weighted by Crippen LogP contribution is -2.60. The summed E-state index contributed by atoms with van der Waals surface area (Å²) in [5.41, 5.74) is 0.541. The highest BCUT2D eigenvalue weighted by molar-refractivity contribution is 5.07. The van der Waals surface area contributed by atoms with E-state index in [1.165, 1.54) is 19.3 Å². The van der Waals surface area contributed by atoms with Crippen LogP contribution in [0, 0.1) is 17.3 Å². The quantitative estimate of drug-likeness (QED) is 0.799. The Morgan fingerprint density at radius 2 is 2.06 bits per heavy atom. The molecule has 0 aromatic rings. The summed E-state index contributed by atoms with van der Waals surface area (Å²) in [7, 11) is 0. The fourth-order valence-electron chi connectivity index (χ4n) is 4.16. The molecule has 3 unspecified atom stereocenters. The molecule has 1 aliphatic carbocycles. The van der Waals surface area contributed by atoms with Crippen molar-refractivity contribution in [3.63, 3.8) is 0 Å².